The zero-order chi connectivity index (χ0) is 7.72. The predicted octanol–water partition coefficient (Wildman–Crippen LogP) is 2.26. The molecule has 0 spiro atoms. The number of phenolic OH excluding ortho intramolecular Hbond substituents is 1. The first-order valence-electron chi connectivity index (χ1n) is 2.55. The fraction of sp³-hybridized carbons (Fsp3) is 0. The monoisotopic (exact) mass is 190 g/mol. The average molecular weight is 190 g/mol. The number of benzene rings is 1. The summed E-state index contributed by atoms with van der Waals surface area (Å²) in [6.45, 7) is 0. The second-order valence-electron chi connectivity index (χ2n) is 1.83. The molecule has 0 saturated heterocycles. The predicted molar refractivity (Wildman–Crippen MR) is 49.9 cm³/mol. The lowest BCUT2D eigenvalue weighted by Gasteiger charge is -2.01. The van der Waals surface area contributed by atoms with Crippen molar-refractivity contribution in [1.82, 2.24) is 0 Å². The Bertz CT molecular complexity index is 236. The first kappa shape index (κ1) is 8.17. The van der Waals surface area contributed by atoms with Crippen LogP contribution in [0.3, 0.4) is 0 Å². The van der Waals surface area contributed by atoms with Crippen molar-refractivity contribution in [3.8, 4) is 5.75 Å². The maximum absolute atomic E-state index is 9.11. The van der Waals surface area contributed by atoms with Crippen LogP contribution in [-0.4, -0.2) is 5.11 Å². The fourth-order valence-electron chi connectivity index (χ4n) is 0.590. The van der Waals surface area contributed by atoms with Gasteiger partial charge in [-0.15, -0.1) is 37.9 Å². The quantitative estimate of drug-likeness (QED) is 0.463. The van der Waals surface area contributed by atoms with Crippen molar-refractivity contribution in [2.45, 2.75) is 14.7 Å². The van der Waals surface area contributed by atoms with E-state index in [0.717, 1.165) is 0 Å². The second-order valence-corrected chi connectivity index (χ2v) is 3.28. The molecule has 0 saturated carbocycles. The molecule has 0 aliphatic rings. The Morgan fingerprint density at radius 3 is 2.20 bits per heavy atom. The van der Waals surface area contributed by atoms with Crippen LogP contribution in [0, 0.1) is 0 Å². The van der Waals surface area contributed by atoms with E-state index in [1.54, 1.807) is 6.07 Å². The van der Waals surface area contributed by atoms with Crippen molar-refractivity contribution in [2.75, 3.05) is 0 Å². The van der Waals surface area contributed by atoms with Crippen LogP contribution in [0.2, 0.25) is 0 Å². The van der Waals surface area contributed by atoms with Crippen LogP contribution >= 0.6 is 37.9 Å². The number of thiol groups is 3. The molecule has 0 fully saturated rings. The summed E-state index contributed by atoms with van der Waals surface area (Å²) in [7, 11) is 0. The molecule has 0 atom stereocenters. The maximum atomic E-state index is 9.11. The second kappa shape index (κ2) is 2.98. The van der Waals surface area contributed by atoms with Gasteiger partial charge >= 0.3 is 0 Å². The van der Waals surface area contributed by atoms with Crippen molar-refractivity contribution >= 4 is 37.9 Å². The van der Waals surface area contributed by atoms with E-state index < -0.39 is 0 Å². The molecule has 10 heavy (non-hydrogen) atoms. The van der Waals surface area contributed by atoms with Gasteiger partial charge in [0.2, 0.25) is 0 Å². The molecule has 1 nitrogen and oxygen atoms in total. The average Bonchev–Trinajstić information content (AvgIpc) is 1.82. The van der Waals surface area contributed by atoms with Gasteiger partial charge in [0.1, 0.15) is 5.75 Å². The van der Waals surface area contributed by atoms with Gasteiger partial charge in [0.25, 0.3) is 0 Å². The van der Waals surface area contributed by atoms with Gasteiger partial charge < -0.3 is 5.11 Å². The molecular weight excluding hydrogens is 184 g/mol. The van der Waals surface area contributed by atoms with E-state index in [4.69, 9.17) is 5.11 Å². The van der Waals surface area contributed by atoms with E-state index in [0.29, 0.717) is 14.7 Å². The molecule has 1 rings (SSSR count). The Morgan fingerprint density at radius 2 is 1.70 bits per heavy atom. The van der Waals surface area contributed by atoms with Crippen molar-refractivity contribution < 1.29 is 5.11 Å². The summed E-state index contributed by atoms with van der Waals surface area (Å²) in [6, 6.07) is 3.24. The van der Waals surface area contributed by atoms with Crippen LogP contribution in [0.4, 0.5) is 0 Å². The number of hydrogen-bond acceptors (Lipinski definition) is 4. The van der Waals surface area contributed by atoms with Gasteiger partial charge in [-0.2, -0.15) is 0 Å². The summed E-state index contributed by atoms with van der Waals surface area (Å²) in [5, 5.41) is 9.11. The summed E-state index contributed by atoms with van der Waals surface area (Å²) in [4.78, 5) is 1.80. The minimum Gasteiger partial charge on any atom is -0.507 e. The normalized spacial score (nSPS) is 9.90. The van der Waals surface area contributed by atoms with Crippen molar-refractivity contribution in [2.24, 2.45) is 0 Å². The summed E-state index contributed by atoms with van der Waals surface area (Å²) < 4.78 is 0. The Morgan fingerprint density at radius 1 is 1.10 bits per heavy atom. The molecule has 54 valence electrons. The molecule has 0 heterocycles. The summed E-state index contributed by atoms with van der Waals surface area (Å²) in [5.41, 5.74) is 0. The molecule has 0 aromatic heterocycles. The third-order valence-corrected chi connectivity index (χ3v) is 2.31. The Kier molecular flexibility index (Phi) is 2.44. The molecule has 1 aromatic rings. The third kappa shape index (κ3) is 1.56. The number of phenols is 1. The van der Waals surface area contributed by atoms with Gasteiger partial charge in [-0.1, -0.05) is 0 Å². The first-order valence-corrected chi connectivity index (χ1v) is 3.89. The van der Waals surface area contributed by atoms with Crippen LogP contribution in [-0.2, 0) is 0 Å². The van der Waals surface area contributed by atoms with Gasteiger partial charge in [0, 0.05) is 9.79 Å². The molecule has 1 N–H and O–H groups in total. The molecule has 1 aromatic carbocycles. The first-order chi connectivity index (χ1) is 4.61. The Hall–Kier alpha value is 0.0700. The Labute approximate surface area is 75.7 Å². The van der Waals surface area contributed by atoms with Crippen LogP contribution in [0.1, 0.15) is 0 Å². The highest BCUT2D eigenvalue weighted by atomic mass is 32.1. The minimum atomic E-state index is 0.112. The van der Waals surface area contributed by atoms with E-state index in [2.05, 4.69) is 37.9 Å². The lowest BCUT2D eigenvalue weighted by molar-refractivity contribution is 0.458. The smallest absolute Gasteiger partial charge is 0.131 e. The van der Waals surface area contributed by atoms with Crippen LogP contribution in [0.15, 0.2) is 26.8 Å². The maximum Gasteiger partial charge on any atom is 0.131 e. The van der Waals surface area contributed by atoms with Gasteiger partial charge in [-0.3, -0.25) is 0 Å². The minimum absolute atomic E-state index is 0.112. The van der Waals surface area contributed by atoms with E-state index in [1.807, 2.05) is 0 Å². The molecule has 0 bridgehead atoms. The molecule has 0 unspecified atom stereocenters. The molecule has 0 aliphatic heterocycles. The zero-order valence-electron chi connectivity index (χ0n) is 4.94. The van der Waals surface area contributed by atoms with Crippen LogP contribution in [0.25, 0.3) is 0 Å². The SMILES string of the molecule is Oc1cc(S)cc(S)c1S. The lowest BCUT2D eigenvalue weighted by Crippen LogP contribution is -1.73. The third-order valence-electron chi connectivity index (χ3n) is 1.05. The standard InChI is InChI=1S/C6H6OS3/c7-4-1-3(8)2-5(9)6(4)10/h1-2,7-10H. The summed E-state index contributed by atoms with van der Waals surface area (Å²) in [5.74, 6) is 0.112. The van der Waals surface area contributed by atoms with Gasteiger partial charge in [0.05, 0.1) is 4.90 Å². The van der Waals surface area contributed by atoms with Crippen molar-refractivity contribution in [3.05, 3.63) is 12.1 Å². The molecule has 0 amide bonds. The van der Waals surface area contributed by atoms with E-state index in [9.17, 15) is 0 Å². The van der Waals surface area contributed by atoms with Crippen LogP contribution < -0.4 is 0 Å². The van der Waals surface area contributed by atoms with Gasteiger partial charge in [0.15, 0.2) is 0 Å². The highest BCUT2D eigenvalue weighted by Crippen LogP contribution is 2.30. The highest BCUT2D eigenvalue weighted by molar-refractivity contribution is 7.83. The number of rotatable bonds is 0. The fourth-order valence-corrected chi connectivity index (χ4v) is 1.33. The number of aromatic hydroxyl groups is 1. The van der Waals surface area contributed by atoms with Gasteiger partial charge in [-0.25, -0.2) is 0 Å². The summed E-state index contributed by atoms with van der Waals surface area (Å²) >= 11 is 12.1. The van der Waals surface area contributed by atoms with E-state index in [-0.39, 0.29) is 5.75 Å². The summed E-state index contributed by atoms with van der Waals surface area (Å²) in [6.07, 6.45) is 0. The number of hydrogen-bond donors (Lipinski definition) is 4. The van der Waals surface area contributed by atoms with Crippen molar-refractivity contribution in [1.29, 1.82) is 0 Å². The molecule has 4 heteroatoms. The van der Waals surface area contributed by atoms with Crippen molar-refractivity contribution in [3.63, 3.8) is 0 Å². The van der Waals surface area contributed by atoms with Gasteiger partial charge in [-0.05, 0) is 12.1 Å². The van der Waals surface area contributed by atoms with Crippen LogP contribution in [0.5, 0.6) is 5.75 Å². The largest absolute Gasteiger partial charge is 0.507 e. The Balaban J connectivity index is 3.31. The lowest BCUT2D eigenvalue weighted by atomic mass is 10.3. The molecule has 0 radical (unpaired) electrons. The van der Waals surface area contributed by atoms with E-state index >= 15 is 0 Å². The topological polar surface area (TPSA) is 20.2 Å². The zero-order valence-corrected chi connectivity index (χ0v) is 7.63. The highest BCUT2D eigenvalue weighted by Gasteiger charge is 2.00. The molecular formula is C6H6OS3. The van der Waals surface area contributed by atoms with E-state index in [1.165, 1.54) is 6.07 Å². The molecule has 0 aliphatic carbocycles.